The number of halogens is 3. The fraction of sp³-hybridized carbons (Fsp3) is 0.435. The topological polar surface area (TPSA) is 26.3 Å². The molecule has 0 spiro atoms. The first-order chi connectivity index (χ1) is 12.9. The van der Waals surface area contributed by atoms with Crippen LogP contribution in [-0.2, 0) is 6.42 Å². The van der Waals surface area contributed by atoms with Gasteiger partial charge in [0.1, 0.15) is 0 Å². The van der Waals surface area contributed by atoms with Crippen LogP contribution in [0.4, 0.5) is 13.2 Å². The first-order valence-corrected chi connectivity index (χ1v) is 9.33. The van der Waals surface area contributed by atoms with Crippen LogP contribution in [0.25, 0.3) is 0 Å². The molecule has 0 radical (unpaired) electrons. The van der Waals surface area contributed by atoms with E-state index in [1.165, 1.54) is 32.9 Å². The number of alkyl halides is 2. The van der Waals surface area contributed by atoms with Crippen LogP contribution in [0.3, 0.4) is 0 Å². The number of rotatable bonds is 7. The molecule has 0 aliphatic rings. The van der Waals surface area contributed by atoms with Crippen molar-refractivity contribution in [3.8, 4) is 5.75 Å². The Hall–Kier alpha value is -2.30. The molecule has 28 heavy (non-hydrogen) atoms. The van der Waals surface area contributed by atoms with Crippen molar-refractivity contribution in [2.75, 3.05) is 6.61 Å². The molecule has 0 N–H and O–H groups in total. The van der Waals surface area contributed by atoms with E-state index in [-0.39, 0.29) is 23.9 Å². The highest BCUT2D eigenvalue weighted by Gasteiger charge is 2.44. The van der Waals surface area contributed by atoms with Gasteiger partial charge in [-0.1, -0.05) is 65.0 Å². The maximum absolute atomic E-state index is 14.1. The van der Waals surface area contributed by atoms with Gasteiger partial charge in [-0.2, -0.15) is 0 Å². The van der Waals surface area contributed by atoms with E-state index in [0.717, 1.165) is 11.6 Å². The molecular weight excluding hydrogens is 365 g/mol. The molecule has 0 heterocycles. The highest BCUT2D eigenvalue weighted by molar-refractivity contribution is 5.99. The lowest BCUT2D eigenvalue weighted by molar-refractivity contribution is -0.123. The molecule has 0 saturated carbocycles. The first kappa shape index (κ1) is 22.0. The molecule has 0 fully saturated rings. The van der Waals surface area contributed by atoms with Gasteiger partial charge in [-0.3, -0.25) is 4.79 Å². The zero-order valence-electron chi connectivity index (χ0n) is 17.0. The third-order valence-electron chi connectivity index (χ3n) is 4.75. The molecule has 2 rings (SSSR count). The zero-order valence-corrected chi connectivity index (χ0v) is 17.0. The Balaban J connectivity index is 2.19. The van der Waals surface area contributed by atoms with Gasteiger partial charge in [-0.05, 0) is 29.2 Å². The van der Waals surface area contributed by atoms with Gasteiger partial charge >= 0.3 is 0 Å². The quantitative estimate of drug-likeness (QED) is 0.507. The number of carbonyl (C=O) groups excluding carboxylic acids is 1. The van der Waals surface area contributed by atoms with Gasteiger partial charge in [0.2, 0.25) is 0 Å². The fourth-order valence-electron chi connectivity index (χ4n) is 2.69. The van der Waals surface area contributed by atoms with E-state index in [9.17, 15) is 18.0 Å². The fourth-order valence-corrected chi connectivity index (χ4v) is 2.69. The summed E-state index contributed by atoms with van der Waals surface area (Å²) in [4.78, 5) is 12.7. The summed E-state index contributed by atoms with van der Waals surface area (Å²) < 4.78 is 47.3. The highest BCUT2D eigenvalue weighted by atomic mass is 19.3. The van der Waals surface area contributed by atoms with E-state index in [2.05, 4.69) is 0 Å². The van der Waals surface area contributed by atoms with E-state index >= 15 is 0 Å². The molecule has 0 aliphatic carbocycles. The SMILES string of the molecule is CC(C)c1ccccc1C(=O)Cc1ccc(F)c(OCC(F)(F)C(C)(C)C)c1. The lowest BCUT2D eigenvalue weighted by Gasteiger charge is -2.30. The normalized spacial score (nSPS) is 12.3. The standard InChI is InChI=1S/C23H27F3O2/c1-15(2)17-8-6-7-9-18(17)20(27)12-16-10-11-19(24)21(13-16)28-14-23(25,26)22(3,4)5/h6-11,13,15H,12,14H2,1-5H3. The average molecular weight is 392 g/mol. The molecule has 0 unspecified atom stereocenters. The highest BCUT2D eigenvalue weighted by Crippen LogP contribution is 2.36. The number of hydrogen-bond donors (Lipinski definition) is 0. The summed E-state index contributed by atoms with van der Waals surface area (Å²) in [6.07, 6.45) is 0.0377. The van der Waals surface area contributed by atoms with Crippen LogP contribution in [-0.4, -0.2) is 18.3 Å². The van der Waals surface area contributed by atoms with Crippen molar-refractivity contribution in [2.24, 2.45) is 5.41 Å². The maximum atomic E-state index is 14.1. The lowest BCUT2D eigenvalue weighted by atomic mass is 9.88. The second kappa shape index (κ2) is 8.38. The van der Waals surface area contributed by atoms with E-state index in [1.54, 1.807) is 12.1 Å². The van der Waals surface area contributed by atoms with E-state index in [0.29, 0.717) is 11.1 Å². The van der Waals surface area contributed by atoms with Crippen LogP contribution in [0.1, 0.15) is 62.0 Å². The number of ketones is 1. The van der Waals surface area contributed by atoms with Crippen LogP contribution in [0, 0.1) is 11.2 Å². The van der Waals surface area contributed by atoms with E-state index < -0.39 is 23.8 Å². The van der Waals surface area contributed by atoms with Crippen LogP contribution in [0.15, 0.2) is 42.5 Å². The van der Waals surface area contributed by atoms with Crippen molar-refractivity contribution < 1.29 is 22.7 Å². The Labute approximate surface area is 164 Å². The van der Waals surface area contributed by atoms with E-state index in [4.69, 9.17) is 4.74 Å². The Kier molecular flexibility index (Phi) is 6.58. The number of carbonyl (C=O) groups is 1. The predicted molar refractivity (Wildman–Crippen MR) is 105 cm³/mol. The second-order valence-electron chi connectivity index (χ2n) is 8.35. The van der Waals surface area contributed by atoms with Crippen LogP contribution < -0.4 is 4.74 Å². The third kappa shape index (κ3) is 5.15. The van der Waals surface area contributed by atoms with Crippen molar-refractivity contribution in [3.05, 3.63) is 65.0 Å². The number of benzene rings is 2. The second-order valence-corrected chi connectivity index (χ2v) is 8.35. The monoisotopic (exact) mass is 392 g/mol. The smallest absolute Gasteiger partial charge is 0.286 e. The molecule has 0 aromatic heterocycles. The van der Waals surface area contributed by atoms with E-state index in [1.807, 2.05) is 26.0 Å². The van der Waals surface area contributed by atoms with Crippen LogP contribution in [0.5, 0.6) is 5.75 Å². The summed E-state index contributed by atoms with van der Waals surface area (Å²) in [5.74, 6) is -4.05. The van der Waals surface area contributed by atoms with Gasteiger partial charge in [-0.25, -0.2) is 13.2 Å². The van der Waals surface area contributed by atoms with Gasteiger partial charge in [0.05, 0.1) is 0 Å². The Bertz CT molecular complexity index is 836. The summed E-state index contributed by atoms with van der Waals surface area (Å²) in [7, 11) is 0. The summed E-state index contributed by atoms with van der Waals surface area (Å²) in [5.41, 5.74) is 0.760. The summed E-state index contributed by atoms with van der Waals surface area (Å²) >= 11 is 0. The molecular formula is C23H27F3O2. The van der Waals surface area contributed by atoms with Crippen molar-refractivity contribution in [3.63, 3.8) is 0 Å². The minimum atomic E-state index is -3.12. The molecule has 0 bridgehead atoms. The van der Waals surface area contributed by atoms with Gasteiger partial charge in [0.25, 0.3) is 5.92 Å². The maximum Gasteiger partial charge on any atom is 0.286 e. The largest absolute Gasteiger partial charge is 0.484 e. The number of hydrogen-bond acceptors (Lipinski definition) is 2. The molecule has 2 aromatic rings. The third-order valence-corrected chi connectivity index (χ3v) is 4.75. The van der Waals surface area contributed by atoms with Crippen molar-refractivity contribution in [2.45, 2.75) is 52.9 Å². The zero-order chi connectivity index (χ0) is 21.1. The summed E-state index contributed by atoms with van der Waals surface area (Å²) in [6.45, 7) is 7.27. The first-order valence-electron chi connectivity index (χ1n) is 9.33. The molecule has 0 aliphatic heterocycles. The molecule has 0 atom stereocenters. The Morgan fingerprint density at radius 3 is 2.32 bits per heavy atom. The molecule has 152 valence electrons. The summed E-state index contributed by atoms with van der Waals surface area (Å²) in [6, 6.07) is 11.3. The van der Waals surface area contributed by atoms with Crippen LogP contribution >= 0.6 is 0 Å². The van der Waals surface area contributed by atoms with Crippen molar-refractivity contribution in [1.29, 1.82) is 0 Å². The van der Waals surface area contributed by atoms with Gasteiger partial charge in [-0.15, -0.1) is 0 Å². The Morgan fingerprint density at radius 1 is 1.07 bits per heavy atom. The molecule has 2 aromatic carbocycles. The molecule has 0 amide bonds. The molecule has 2 nitrogen and oxygen atoms in total. The van der Waals surface area contributed by atoms with Crippen molar-refractivity contribution in [1.82, 2.24) is 0 Å². The number of Topliss-reactive ketones (excluding diaryl/α,β-unsaturated/α-hetero) is 1. The minimum Gasteiger partial charge on any atom is -0.484 e. The Morgan fingerprint density at radius 2 is 1.71 bits per heavy atom. The lowest BCUT2D eigenvalue weighted by Crippen LogP contribution is -2.39. The van der Waals surface area contributed by atoms with Gasteiger partial charge < -0.3 is 4.74 Å². The predicted octanol–water partition coefficient (Wildman–Crippen LogP) is 6.43. The number of ether oxygens (including phenoxy) is 1. The van der Waals surface area contributed by atoms with Gasteiger partial charge in [0, 0.05) is 17.4 Å². The minimum absolute atomic E-state index is 0.0377. The molecule has 0 saturated heterocycles. The van der Waals surface area contributed by atoms with Crippen molar-refractivity contribution >= 4 is 5.78 Å². The van der Waals surface area contributed by atoms with Gasteiger partial charge in [0.15, 0.2) is 24.0 Å². The van der Waals surface area contributed by atoms with Crippen LogP contribution in [0.2, 0.25) is 0 Å². The summed E-state index contributed by atoms with van der Waals surface area (Å²) in [5, 5.41) is 0. The average Bonchev–Trinajstić information content (AvgIpc) is 2.61. The molecule has 5 heteroatoms.